The summed E-state index contributed by atoms with van der Waals surface area (Å²) >= 11 is 3.41. The lowest BCUT2D eigenvalue weighted by atomic mass is 10.2. The number of halogens is 1. The van der Waals surface area contributed by atoms with E-state index < -0.39 is 0 Å². The molecule has 1 aromatic carbocycles. The van der Waals surface area contributed by atoms with Gasteiger partial charge in [0, 0.05) is 23.1 Å². The second kappa shape index (κ2) is 5.29. The van der Waals surface area contributed by atoms with E-state index in [1.54, 1.807) is 10.9 Å². The summed E-state index contributed by atoms with van der Waals surface area (Å²) in [7, 11) is 1.84. The van der Waals surface area contributed by atoms with E-state index in [2.05, 4.69) is 31.3 Å². The lowest BCUT2D eigenvalue weighted by Crippen LogP contribution is -2.12. The van der Waals surface area contributed by atoms with E-state index in [-0.39, 0.29) is 5.91 Å². The van der Waals surface area contributed by atoms with Gasteiger partial charge in [0.2, 0.25) is 0 Å². The van der Waals surface area contributed by atoms with Crippen molar-refractivity contribution in [2.24, 2.45) is 7.05 Å². The number of fused-ring (bicyclic) bond motifs is 1. The highest BCUT2D eigenvalue weighted by Gasteiger charge is 2.12. The van der Waals surface area contributed by atoms with Crippen molar-refractivity contribution in [3.63, 3.8) is 0 Å². The largest absolute Gasteiger partial charge is 0.321 e. The number of nitrogens with zero attached hydrogens (tertiary/aromatic N) is 3. The number of carbonyl (C=O) groups excluding carboxylic acids is 1. The molecule has 0 atom stereocenters. The lowest BCUT2D eigenvalue weighted by molar-refractivity contribution is 0.102. The minimum Gasteiger partial charge on any atom is -0.321 e. The Morgan fingerprint density at radius 1 is 1.33 bits per heavy atom. The van der Waals surface area contributed by atoms with Crippen molar-refractivity contribution < 1.29 is 4.79 Å². The molecule has 21 heavy (non-hydrogen) atoms. The third kappa shape index (κ3) is 2.54. The number of rotatable bonds is 2. The topological polar surface area (TPSA) is 59.8 Å². The first-order chi connectivity index (χ1) is 10.1. The van der Waals surface area contributed by atoms with Crippen LogP contribution in [0.1, 0.15) is 16.1 Å². The number of amides is 1. The van der Waals surface area contributed by atoms with Gasteiger partial charge in [-0.3, -0.25) is 9.48 Å². The van der Waals surface area contributed by atoms with E-state index in [9.17, 15) is 4.79 Å². The summed E-state index contributed by atoms with van der Waals surface area (Å²) in [6, 6.07) is 9.29. The summed E-state index contributed by atoms with van der Waals surface area (Å²) in [5, 5.41) is 8.05. The Kier molecular flexibility index (Phi) is 3.47. The molecule has 2 heterocycles. The molecule has 0 saturated carbocycles. The van der Waals surface area contributed by atoms with Gasteiger partial charge in [-0.2, -0.15) is 5.10 Å². The summed E-state index contributed by atoms with van der Waals surface area (Å²) in [4.78, 5) is 16.6. The Hall–Kier alpha value is -2.21. The fourth-order valence-corrected chi connectivity index (χ4v) is 2.57. The minimum absolute atomic E-state index is 0.195. The molecule has 0 bridgehead atoms. The second-order valence-corrected chi connectivity index (χ2v) is 5.59. The monoisotopic (exact) mass is 344 g/mol. The number of aromatic nitrogens is 3. The molecular weight excluding hydrogens is 332 g/mol. The molecule has 3 rings (SSSR count). The number of carbonyl (C=O) groups is 1. The van der Waals surface area contributed by atoms with Crippen molar-refractivity contribution in [2.45, 2.75) is 6.92 Å². The van der Waals surface area contributed by atoms with Crippen LogP contribution in [0.25, 0.3) is 11.0 Å². The lowest BCUT2D eigenvalue weighted by Gasteiger charge is -2.07. The van der Waals surface area contributed by atoms with E-state index in [1.807, 2.05) is 44.3 Å². The quantitative estimate of drug-likeness (QED) is 0.775. The summed E-state index contributed by atoms with van der Waals surface area (Å²) in [6.07, 6.45) is 1.57. The third-order valence-electron chi connectivity index (χ3n) is 3.25. The summed E-state index contributed by atoms with van der Waals surface area (Å²) in [6.45, 7) is 1.90. The number of anilines is 1. The van der Waals surface area contributed by atoms with Gasteiger partial charge in [-0.15, -0.1) is 0 Å². The molecule has 0 spiro atoms. The van der Waals surface area contributed by atoms with Crippen molar-refractivity contribution in [2.75, 3.05) is 5.32 Å². The number of aryl methyl sites for hydroxylation is 2. The van der Waals surface area contributed by atoms with E-state index in [4.69, 9.17) is 0 Å². The average Bonchev–Trinajstić information content (AvgIpc) is 2.76. The van der Waals surface area contributed by atoms with Gasteiger partial charge in [0.25, 0.3) is 5.91 Å². The molecular formula is C15H13BrN4O. The second-order valence-electron chi connectivity index (χ2n) is 4.74. The number of hydrogen-bond acceptors (Lipinski definition) is 3. The molecule has 3 aromatic rings. The van der Waals surface area contributed by atoms with Gasteiger partial charge in [-0.25, -0.2) is 4.98 Å². The highest BCUT2D eigenvalue weighted by Crippen LogP contribution is 2.22. The first kappa shape index (κ1) is 13.8. The summed E-state index contributed by atoms with van der Waals surface area (Å²) in [5.74, 6) is -0.195. The highest BCUT2D eigenvalue weighted by molar-refractivity contribution is 9.10. The first-order valence-corrected chi connectivity index (χ1v) is 7.21. The van der Waals surface area contributed by atoms with Crippen LogP contribution >= 0.6 is 15.9 Å². The van der Waals surface area contributed by atoms with E-state index in [1.165, 1.54) is 0 Å². The molecule has 2 aromatic heterocycles. The van der Waals surface area contributed by atoms with Crippen molar-refractivity contribution in [3.05, 3.63) is 52.3 Å². The zero-order valence-corrected chi connectivity index (χ0v) is 13.2. The number of nitrogens with one attached hydrogen (secondary N) is 1. The first-order valence-electron chi connectivity index (χ1n) is 6.41. The molecule has 5 nitrogen and oxygen atoms in total. The number of benzene rings is 1. The van der Waals surface area contributed by atoms with Gasteiger partial charge in [0.15, 0.2) is 5.65 Å². The molecule has 0 aliphatic carbocycles. The molecule has 1 amide bonds. The van der Waals surface area contributed by atoms with Crippen LogP contribution in [-0.4, -0.2) is 20.7 Å². The van der Waals surface area contributed by atoms with E-state index in [0.717, 1.165) is 26.9 Å². The van der Waals surface area contributed by atoms with Gasteiger partial charge < -0.3 is 5.32 Å². The Balaban J connectivity index is 1.95. The van der Waals surface area contributed by atoms with Gasteiger partial charge in [0.05, 0.1) is 16.9 Å². The zero-order valence-electron chi connectivity index (χ0n) is 11.6. The predicted octanol–water partition coefficient (Wildman–Crippen LogP) is 3.29. The van der Waals surface area contributed by atoms with Crippen LogP contribution in [-0.2, 0) is 7.05 Å². The Morgan fingerprint density at radius 2 is 2.10 bits per heavy atom. The third-order valence-corrected chi connectivity index (χ3v) is 3.94. The van der Waals surface area contributed by atoms with Crippen LogP contribution < -0.4 is 5.32 Å². The fraction of sp³-hybridized carbons (Fsp3) is 0.133. The molecule has 106 valence electrons. The predicted molar refractivity (Wildman–Crippen MR) is 85.3 cm³/mol. The van der Waals surface area contributed by atoms with Gasteiger partial charge in [-0.1, -0.05) is 12.1 Å². The van der Waals surface area contributed by atoms with Gasteiger partial charge in [-0.05, 0) is 41.1 Å². The van der Waals surface area contributed by atoms with Crippen LogP contribution in [0.2, 0.25) is 0 Å². The van der Waals surface area contributed by atoms with Crippen LogP contribution in [0.5, 0.6) is 0 Å². The van der Waals surface area contributed by atoms with E-state index >= 15 is 0 Å². The highest BCUT2D eigenvalue weighted by atomic mass is 79.9. The molecule has 0 fully saturated rings. The van der Waals surface area contributed by atoms with Crippen molar-refractivity contribution in [1.82, 2.24) is 14.8 Å². The van der Waals surface area contributed by atoms with E-state index in [0.29, 0.717) is 5.56 Å². The molecule has 6 heteroatoms. The molecule has 0 aliphatic rings. The van der Waals surface area contributed by atoms with Gasteiger partial charge in [0.1, 0.15) is 0 Å². The Labute approximate surface area is 130 Å². The number of pyridine rings is 1. The van der Waals surface area contributed by atoms with Crippen LogP contribution in [0.15, 0.2) is 41.0 Å². The number of para-hydroxylation sites is 1. The maximum absolute atomic E-state index is 12.3. The maximum atomic E-state index is 12.3. The molecule has 1 N–H and O–H groups in total. The summed E-state index contributed by atoms with van der Waals surface area (Å²) < 4.78 is 2.55. The Morgan fingerprint density at radius 3 is 2.86 bits per heavy atom. The van der Waals surface area contributed by atoms with Gasteiger partial charge >= 0.3 is 0 Å². The molecule has 0 unspecified atom stereocenters. The van der Waals surface area contributed by atoms with Crippen molar-refractivity contribution >= 4 is 38.6 Å². The van der Waals surface area contributed by atoms with Crippen LogP contribution in [0.4, 0.5) is 5.69 Å². The smallest absolute Gasteiger partial charge is 0.257 e. The molecule has 0 radical (unpaired) electrons. The summed E-state index contributed by atoms with van der Waals surface area (Å²) in [5.41, 5.74) is 2.86. The van der Waals surface area contributed by atoms with Crippen molar-refractivity contribution in [1.29, 1.82) is 0 Å². The Bertz CT molecular complexity index is 841. The maximum Gasteiger partial charge on any atom is 0.257 e. The standard InChI is InChI=1S/C15H13BrN4O/c1-9-11-7-10(8-17-14(11)20(2)19-9)15(21)18-13-6-4-3-5-12(13)16/h3-8H,1-2H3,(H,18,21). The fourth-order valence-electron chi connectivity index (χ4n) is 2.19. The normalized spacial score (nSPS) is 10.8. The average molecular weight is 345 g/mol. The molecule has 0 aliphatic heterocycles. The minimum atomic E-state index is -0.195. The zero-order chi connectivity index (χ0) is 15.0. The van der Waals surface area contributed by atoms with Crippen LogP contribution in [0.3, 0.4) is 0 Å². The van der Waals surface area contributed by atoms with Crippen LogP contribution in [0, 0.1) is 6.92 Å². The van der Waals surface area contributed by atoms with Crippen molar-refractivity contribution in [3.8, 4) is 0 Å². The SMILES string of the molecule is Cc1nn(C)c2ncc(C(=O)Nc3ccccc3Br)cc12. The number of hydrogen-bond donors (Lipinski definition) is 1. The molecule has 0 saturated heterocycles.